The minimum atomic E-state index is -4.50. The van der Waals surface area contributed by atoms with Crippen molar-refractivity contribution in [3.63, 3.8) is 0 Å². The van der Waals surface area contributed by atoms with Crippen LogP contribution in [0.5, 0.6) is 5.75 Å². The Kier molecular flexibility index (Phi) is 8.16. The summed E-state index contributed by atoms with van der Waals surface area (Å²) in [6, 6.07) is 20.3. The number of halogens is 6. The fourth-order valence-electron chi connectivity index (χ4n) is 4.76. The van der Waals surface area contributed by atoms with E-state index in [1.165, 1.54) is 25.3 Å². The van der Waals surface area contributed by atoms with Gasteiger partial charge in [0.1, 0.15) is 11.4 Å². The van der Waals surface area contributed by atoms with E-state index in [1.807, 2.05) is 6.07 Å². The number of amides is 1. The molecule has 3 aromatic carbocycles. The Balaban J connectivity index is 1.45. The molecule has 11 heteroatoms. The van der Waals surface area contributed by atoms with E-state index in [0.29, 0.717) is 45.0 Å². The van der Waals surface area contributed by atoms with Crippen molar-refractivity contribution >= 4 is 11.6 Å². The second-order valence-electron chi connectivity index (χ2n) is 9.84. The highest BCUT2D eigenvalue weighted by Gasteiger charge is 2.31. The summed E-state index contributed by atoms with van der Waals surface area (Å²) in [4.78, 5) is 17.6. The summed E-state index contributed by atoms with van der Waals surface area (Å²) in [5.74, 6) is 0.196. The molecule has 5 nitrogen and oxygen atoms in total. The van der Waals surface area contributed by atoms with Crippen LogP contribution in [0.25, 0.3) is 28.0 Å². The maximum atomic E-state index is 13.4. The van der Waals surface area contributed by atoms with E-state index < -0.39 is 29.4 Å². The largest absolute Gasteiger partial charge is 0.497 e. The van der Waals surface area contributed by atoms with Crippen molar-refractivity contribution in [1.82, 2.24) is 14.7 Å². The average molecular weight is 598 g/mol. The number of carbonyl (C=O) groups excluding carboxylic acids is 1. The maximum absolute atomic E-state index is 13.4. The SMILES string of the molecule is COc1cccc(-c2nc3ccc(-c4cccc(C(F)(F)F)c4)cn3c2CCC(=O)NCc2cccc(C(F)(F)F)c2)c1. The number of fused-ring (bicyclic) bond motifs is 1. The Hall–Kier alpha value is -4.80. The predicted octanol–water partition coefficient (Wildman–Crippen LogP) is 7.96. The molecular weight excluding hydrogens is 572 g/mol. The summed E-state index contributed by atoms with van der Waals surface area (Å²) in [6.07, 6.45) is -7.14. The summed E-state index contributed by atoms with van der Waals surface area (Å²) < 4.78 is 86.3. The predicted molar refractivity (Wildman–Crippen MR) is 149 cm³/mol. The third-order valence-electron chi connectivity index (χ3n) is 6.92. The molecule has 0 radical (unpaired) electrons. The highest BCUT2D eigenvalue weighted by atomic mass is 19.4. The molecular formula is C32H25F6N3O2. The van der Waals surface area contributed by atoms with Gasteiger partial charge in [0.25, 0.3) is 0 Å². The lowest BCUT2D eigenvalue weighted by Crippen LogP contribution is -2.23. The van der Waals surface area contributed by atoms with Gasteiger partial charge in [0.2, 0.25) is 5.91 Å². The van der Waals surface area contributed by atoms with Crippen LogP contribution in [0.2, 0.25) is 0 Å². The molecule has 0 saturated carbocycles. The second kappa shape index (κ2) is 11.8. The van der Waals surface area contributed by atoms with Crippen LogP contribution in [0.3, 0.4) is 0 Å². The maximum Gasteiger partial charge on any atom is 0.416 e. The van der Waals surface area contributed by atoms with Gasteiger partial charge in [-0.25, -0.2) is 4.98 Å². The van der Waals surface area contributed by atoms with Gasteiger partial charge in [-0.05, 0) is 71.6 Å². The number of ether oxygens (including phenoxy) is 1. The van der Waals surface area contributed by atoms with Crippen LogP contribution in [0.4, 0.5) is 26.3 Å². The van der Waals surface area contributed by atoms with E-state index in [1.54, 1.807) is 47.0 Å². The molecule has 0 spiro atoms. The average Bonchev–Trinajstić information content (AvgIpc) is 3.36. The van der Waals surface area contributed by atoms with E-state index in [4.69, 9.17) is 9.72 Å². The van der Waals surface area contributed by atoms with E-state index in [-0.39, 0.29) is 19.4 Å². The van der Waals surface area contributed by atoms with Crippen LogP contribution in [0, 0.1) is 0 Å². The fourth-order valence-corrected chi connectivity index (χ4v) is 4.76. The third-order valence-corrected chi connectivity index (χ3v) is 6.92. The van der Waals surface area contributed by atoms with Gasteiger partial charge in [0.05, 0.1) is 29.6 Å². The van der Waals surface area contributed by atoms with Crippen molar-refractivity contribution in [1.29, 1.82) is 0 Å². The van der Waals surface area contributed by atoms with Crippen molar-refractivity contribution in [3.8, 4) is 28.1 Å². The first-order valence-corrected chi connectivity index (χ1v) is 13.2. The van der Waals surface area contributed by atoms with Gasteiger partial charge in [-0.3, -0.25) is 4.79 Å². The molecule has 1 N–H and O–H groups in total. The van der Waals surface area contributed by atoms with Crippen LogP contribution in [0.15, 0.2) is 91.1 Å². The molecule has 2 aromatic heterocycles. The van der Waals surface area contributed by atoms with Crippen molar-refractivity contribution in [3.05, 3.63) is 114 Å². The zero-order valence-corrected chi connectivity index (χ0v) is 22.8. The van der Waals surface area contributed by atoms with Crippen LogP contribution in [-0.4, -0.2) is 22.4 Å². The number of nitrogens with one attached hydrogen (secondary N) is 1. The number of nitrogens with zero attached hydrogens (tertiary/aromatic N) is 2. The van der Waals surface area contributed by atoms with Gasteiger partial charge in [-0.2, -0.15) is 26.3 Å². The molecule has 43 heavy (non-hydrogen) atoms. The number of alkyl halides is 6. The zero-order valence-electron chi connectivity index (χ0n) is 22.8. The molecule has 0 unspecified atom stereocenters. The number of aromatic nitrogens is 2. The Morgan fingerprint density at radius 1 is 0.814 bits per heavy atom. The fraction of sp³-hybridized carbons (Fsp3) is 0.188. The van der Waals surface area contributed by atoms with Crippen molar-refractivity contribution in [2.75, 3.05) is 7.11 Å². The highest BCUT2D eigenvalue weighted by molar-refractivity contribution is 5.77. The lowest BCUT2D eigenvalue weighted by atomic mass is 10.0. The number of imidazole rings is 1. The number of rotatable bonds is 8. The lowest BCUT2D eigenvalue weighted by Gasteiger charge is -2.11. The molecule has 1 amide bonds. The number of pyridine rings is 1. The highest BCUT2D eigenvalue weighted by Crippen LogP contribution is 2.34. The van der Waals surface area contributed by atoms with Crippen LogP contribution < -0.4 is 10.1 Å². The minimum Gasteiger partial charge on any atom is -0.497 e. The first-order valence-electron chi connectivity index (χ1n) is 13.2. The first-order chi connectivity index (χ1) is 20.4. The lowest BCUT2D eigenvalue weighted by molar-refractivity contribution is -0.138. The van der Waals surface area contributed by atoms with E-state index in [0.717, 1.165) is 24.3 Å². The number of aryl methyl sites for hydroxylation is 1. The Morgan fingerprint density at radius 2 is 1.49 bits per heavy atom. The molecule has 2 heterocycles. The van der Waals surface area contributed by atoms with Crippen molar-refractivity contribution in [2.45, 2.75) is 31.7 Å². The molecule has 0 atom stereocenters. The van der Waals surface area contributed by atoms with Gasteiger partial charge in [0, 0.05) is 24.7 Å². The molecule has 0 saturated heterocycles. The van der Waals surface area contributed by atoms with E-state index in [9.17, 15) is 31.1 Å². The molecule has 5 rings (SSSR count). The van der Waals surface area contributed by atoms with Crippen LogP contribution in [0.1, 0.15) is 28.8 Å². The second-order valence-corrected chi connectivity index (χ2v) is 9.84. The zero-order chi connectivity index (χ0) is 30.8. The van der Waals surface area contributed by atoms with Gasteiger partial charge in [0.15, 0.2) is 0 Å². The van der Waals surface area contributed by atoms with Crippen LogP contribution >= 0.6 is 0 Å². The van der Waals surface area contributed by atoms with Crippen molar-refractivity contribution in [2.24, 2.45) is 0 Å². The number of methoxy groups -OCH3 is 1. The summed E-state index contributed by atoms with van der Waals surface area (Å²) in [5, 5.41) is 2.66. The Morgan fingerprint density at radius 3 is 2.21 bits per heavy atom. The monoisotopic (exact) mass is 597 g/mol. The van der Waals surface area contributed by atoms with Gasteiger partial charge < -0.3 is 14.5 Å². The Labute approximate surface area is 242 Å². The number of carbonyl (C=O) groups is 1. The normalized spacial score (nSPS) is 12.0. The summed E-state index contributed by atoms with van der Waals surface area (Å²) in [5.41, 5.74) is 2.03. The summed E-state index contributed by atoms with van der Waals surface area (Å²) in [6.45, 7) is -0.0850. The molecule has 0 aliphatic heterocycles. The minimum absolute atomic E-state index is 0.0164. The number of hydrogen-bond acceptors (Lipinski definition) is 3. The van der Waals surface area contributed by atoms with E-state index >= 15 is 0 Å². The summed E-state index contributed by atoms with van der Waals surface area (Å²) >= 11 is 0. The molecule has 5 aromatic rings. The topological polar surface area (TPSA) is 55.6 Å². The Bertz CT molecular complexity index is 1780. The molecule has 0 aliphatic carbocycles. The van der Waals surface area contributed by atoms with E-state index in [2.05, 4.69) is 5.32 Å². The van der Waals surface area contributed by atoms with Gasteiger partial charge >= 0.3 is 12.4 Å². The van der Waals surface area contributed by atoms with Crippen LogP contribution in [-0.2, 0) is 30.1 Å². The third kappa shape index (κ3) is 6.82. The number of benzene rings is 3. The van der Waals surface area contributed by atoms with Crippen molar-refractivity contribution < 1.29 is 35.9 Å². The molecule has 0 bridgehead atoms. The van der Waals surface area contributed by atoms with Gasteiger partial charge in [-0.1, -0.05) is 36.4 Å². The molecule has 0 aliphatic rings. The summed E-state index contributed by atoms with van der Waals surface area (Å²) in [7, 11) is 1.53. The first kappa shape index (κ1) is 29.7. The number of hydrogen-bond donors (Lipinski definition) is 1. The molecule has 222 valence electrons. The van der Waals surface area contributed by atoms with Gasteiger partial charge in [-0.15, -0.1) is 0 Å². The quantitative estimate of drug-likeness (QED) is 0.185. The smallest absolute Gasteiger partial charge is 0.416 e. The molecule has 0 fully saturated rings. The standard InChI is InChI=1S/C32H25F6N3O2/c1-43-26-10-4-7-22(17-26)30-27(12-14-29(42)39-18-20-5-2-8-24(15-20)31(33,34)35)41-19-23(11-13-28(41)40-30)21-6-3-9-25(16-21)32(36,37)38/h2-11,13,15-17,19H,12,14,18H2,1H3,(H,39,42).